The summed E-state index contributed by atoms with van der Waals surface area (Å²) >= 11 is 0. The van der Waals surface area contributed by atoms with E-state index in [1.807, 2.05) is 18.2 Å². The number of hydrogen-bond donors (Lipinski definition) is 0. The quantitative estimate of drug-likeness (QED) is 0.834. The summed E-state index contributed by atoms with van der Waals surface area (Å²) in [5.41, 5.74) is 3.12. The third-order valence-corrected chi connectivity index (χ3v) is 5.32. The molecule has 1 amide bonds. The summed E-state index contributed by atoms with van der Waals surface area (Å²) < 4.78 is 1.26. The van der Waals surface area contributed by atoms with Gasteiger partial charge >= 0.3 is 0 Å². The Kier molecular flexibility index (Phi) is 5.05. The van der Waals surface area contributed by atoms with Gasteiger partial charge in [0.1, 0.15) is 6.54 Å². The van der Waals surface area contributed by atoms with E-state index in [1.54, 1.807) is 17.2 Å². The van der Waals surface area contributed by atoms with Crippen molar-refractivity contribution in [1.82, 2.24) is 14.7 Å². The van der Waals surface area contributed by atoms with Crippen molar-refractivity contribution < 1.29 is 4.79 Å². The van der Waals surface area contributed by atoms with Crippen molar-refractivity contribution >= 4 is 17.2 Å². The van der Waals surface area contributed by atoms with Crippen LogP contribution in [0.3, 0.4) is 0 Å². The number of rotatable bonds is 4. The van der Waals surface area contributed by atoms with Gasteiger partial charge in [0.2, 0.25) is 5.91 Å². The zero-order valence-electron chi connectivity index (χ0n) is 15.4. The van der Waals surface area contributed by atoms with Crippen molar-refractivity contribution in [1.29, 1.82) is 0 Å². The highest BCUT2D eigenvalue weighted by Gasteiger charge is 2.19. The lowest BCUT2D eigenvalue weighted by molar-refractivity contribution is -0.131. The number of carbonyl (C=O) groups is 1. The highest BCUT2D eigenvalue weighted by atomic mass is 16.2. The first-order chi connectivity index (χ1) is 13.2. The van der Waals surface area contributed by atoms with Crippen molar-refractivity contribution in [2.24, 2.45) is 0 Å². The van der Waals surface area contributed by atoms with Crippen LogP contribution in [0.15, 0.2) is 53.5 Å². The number of nitrogens with zero attached hydrogens (tertiary/aromatic N) is 4. The number of carbonyl (C=O) groups excluding carboxylic acids is 1. The Balaban J connectivity index is 1.40. The molecular formula is C21H24N4O2. The average Bonchev–Trinajstić information content (AvgIpc) is 3.25. The van der Waals surface area contributed by atoms with E-state index in [-0.39, 0.29) is 18.0 Å². The van der Waals surface area contributed by atoms with Crippen LogP contribution in [0.1, 0.15) is 24.8 Å². The van der Waals surface area contributed by atoms with Gasteiger partial charge in [0.25, 0.3) is 5.56 Å². The van der Waals surface area contributed by atoms with E-state index in [9.17, 15) is 9.59 Å². The molecule has 0 saturated carbocycles. The number of hydrogen-bond acceptors (Lipinski definition) is 4. The SMILES string of the molecule is O=C(Cn1ncc(N2CCCC2)cc1=O)N1CC=C(c2ccccc2)CC1. The maximum atomic E-state index is 12.6. The van der Waals surface area contributed by atoms with E-state index in [2.05, 4.69) is 28.2 Å². The van der Waals surface area contributed by atoms with Gasteiger partial charge in [0, 0.05) is 32.2 Å². The first-order valence-corrected chi connectivity index (χ1v) is 9.55. The third-order valence-electron chi connectivity index (χ3n) is 5.32. The molecule has 1 fully saturated rings. The molecule has 6 nitrogen and oxygen atoms in total. The highest BCUT2D eigenvalue weighted by Crippen LogP contribution is 2.22. The number of amides is 1. The zero-order valence-corrected chi connectivity index (χ0v) is 15.4. The van der Waals surface area contributed by atoms with Crippen molar-refractivity contribution in [3.8, 4) is 0 Å². The van der Waals surface area contributed by atoms with Gasteiger partial charge in [0.15, 0.2) is 0 Å². The minimum atomic E-state index is -0.217. The molecule has 0 spiro atoms. The molecule has 0 N–H and O–H groups in total. The second-order valence-corrected chi connectivity index (χ2v) is 7.09. The fraction of sp³-hybridized carbons (Fsp3) is 0.381. The van der Waals surface area contributed by atoms with E-state index in [4.69, 9.17) is 0 Å². The van der Waals surface area contributed by atoms with Crippen LogP contribution in [0.5, 0.6) is 0 Å². The molecule has 2 aromatic rings. The first kappa shape index (κ1) is 17.5. The van der Waals surface area contributed by atoms with E-state index in [1.165, 1.54) is 15.8 Å². The van der Waals surface area contributed by atoms with Crippen molar-refractivity contribution in [2.75, 3.05) is 31.1 Å². The molecule has 2 aliphatic heterocycles. The first-order valence-electron chi connectivity index (χ1n) is 9.55. The predicted octanol–water partition coefficient (Wildman–Crippen LogP) is 2.16. The van der Waals surface area contributed by atoms with Crippen molar-refractivity contribution in [3.05, 3.63) is 64.6 Å². The maximum Gasteiger partial charge on any atom is 0.269 e. The second-order valence-electron chi connectivity index (χ2n) is 7.09. The van der Waals surface area contributed by atoms with Crippen molar-refractivity contribution in [2.45, 2.75) is 25.8 Å². The van der Waals surface area contributed by atoms with E-state index in [0.717, 1.165) is 38.0 Å². The van der Waals surface area contributed by atoms with Gasteiger partial charge in [-0.3, -0.25) is 9.59 Å². The lowest BCUT2D eigenvalue weighted by Crippen LogP contribution is -2.39. The predicted molar refractivity (Wildman–Crippen MR) is 106 cm³/mol. The summed E-state index contributed by atoms with van der Waals surface area (Å²) in [6, 6.07) is 11.8. The number of benzene rings is 1. The minimum Gasteiger partial charge on any atom is -0.370 e. The molecular weight excluding hydrogens is 340 g/mol. The summed E-state index contributed by atoms with van der Waals surface area (Å²) in [7, 11) is 0. The fourth-order valence-electron chi connectivity index (χ4n) is 3.73. The Morgan fingerprint density at radius 3 is 2.52 bits per heavy atom. The van der Waals surface area contributed by atoms with Gasteiger partial charge in [0.05, 0.1) is 11.9 Å². The van der Waals surface area contributed by atoms with Gasteiger partial charge in [-0.15, -0.1) is 0 Å². The molecule has 4 rings (SSSR count). The third kappa shape index (κ3) is 3.94. The zero-order chi connectivity index (χ0) is 18.6. The molecule has 1 aromatic carbocycles. The van der Waals surface area contributed by atoms with Gasteiger partial charge in [-0.1, -0.05) is 36.4 Å². The highest BCUT2D eigenvalue weighted by molar-refractivity contribution is 5.78. The summed E-state index contributed by atoms with van der Waals surface area (Å²) in [6.45, 7) is 3.17. The van der Waals surface area contributed by atoms with Crippen LogP contribution in [0, 0.1) is 0 Å². The molecule has 0 radical (unpaired) electrons. The normalized spacial score (nSPS) is 17.1. The molecule has 140 valence electrons. The average molecular weight is 364 g/mol. The van der Waals surface area contributed by atoms with Crippen LogP contribution in [0.4, 0.5) is 5.69 Å². The van der Waals surface area contributed by atoms with Crippen LogP contribution < -0.4 is 10.5 Å². The van der Waals surface area contributed by atoms with Crippen LogP contribution in [-0.2, 0) is 11.3 Å². The van der Waals surface area contributed by atoms with Crippen LogP contribution in [0.25, 0.3) is 5.57 Å². The van der Waals surface area contributed by atoms with Crippen molar-refractivity contribution in [3.63, 3.8) is 0 Å². The topological polar surface area (TPSA) is 58.4 Å². The maximum absolute atomic E-state index is 12.6. The lowest BCUT2D eigenvalue weighted by atomic mass is 9.99. The Bertz CT molecular complexity index is 898. The molecule has 2 aliphatic rings. The summed E-state index contributed by atoms with van der Waals surface area (Å²) in [6.07, 6.45) is 6.92. The van der Waals surface area contributed by atoms with E-state index < -0.39 is 0 Å². The Labute approximate surface area is 158 Å². The van der Waals surface area contributed by atoms with Crippen LogP contribution >= 0.6 is 0 Å². The Morgan fingerprint density at radius 1 is 1.07 bits per heavy atom. The molecule has 0 bridgehead atoms. The Hall–Kier alpha value is -2.89. The standard InChI is InChI=1S/C21H24N4O2/c26-20-14-19(23-10-4-5-11-23)15-22-25(20)16-21(27)24-12-8-18(9-13-24)17-6-2-1-3-7-17/h1-3,6-8,14-15H,4-5,9-13,16H2. The fourth-order valence-corrected chi connectivity index (χ4v) is 3.73. The van der Waals surface area contributed by atoms with Crippen LogP contribution in [0.2, 0.25) is 0 Å². The van der Waals surface area contributed by atoms with Crippen LogP contribution in [-0.4, -0.2) is 46.8 Å². The second kappa shape index (κ2) is 7.78. The molecule has 6 heteroatoms. The Morgan fingerprint density at radius 2 is 1.85 bits per heavy atom. The smallest absolute Gasteiger partial charge is 0.269 e. The summed E-state index contributed by atoms with van der Waals surface area (Å²) in [5, 5.41) is 4.22. The molecule has 1 aromatic heterocycles. The minimum absolute atomic E-state index is 0.00633. The van der Waals surface area contributed by atoms with Gasteiger partial charge in [-0.2, -0.15) is 5.10 Å². The van der Waals surface area contributed by atoms with Gasteiger partial charge in [-0.05, 0) is 30.4 Å². The number of anilines is 1. The van der Waals surface area contributed by atoms with Gasteiger partial charge < -0.3 is 9.80 Å². The largest absolute Gasteiger partial charge is 0.370 e. The summed E-state index contributed by atoms with van der Waals surface area (Å²) in [5.74, 6) is -0.0677. The van der Waals surface area contributed by atoms with E-state index in [0.29, 0.717) is 13.1 Å². The lowest BCUT2D eigenvalue weighted by Gasteiger charge is -2.27. The molecule has 0 unspecified atom stereocenters. The molecule has 27 heavy (non-hydrogen) atoms. The number of aromatic nitrogens is 2. The summed E-state index contributed by atoms with van der Waals surface area (Å²) in [4.78, 5) is 28.9. The molecule has 0 atom stereocenters. The van der Waals surface area contributed by atoms with E-state index >= 15 is 0 Å². The molecule has 0 aliphatic carbocycles. The molecule has 1 saturated heterocycles. The monoisotopic (exact) mass is 364 g/mol. The molecule has 3 heterocycles. The van der Waals surface area contributed by atoms with Gasteiger partial charge in [-0.25, -0.2) is 4.68 Å².